The maximum atomic E-state index is 5.44. The van der Waals surface area contributed by atoms with E-state index < -0.39 is 0 Å². The van der Waals surface area contributed by atoms with Gasteiger partial charge in [-0.2, -0.15) is 0 Å². The van der Waals surface area contributed by atoms with Gasteiger partial charge in [-0.15, -0.1) is 0 Å². The molecule has 5 nitrogen and oxygen atoms in total. The highest BCUT2D eigenvalue weighted by Gasteiger charge is 1.97. The van der Waals surface area contributed by atoms with E-state index in [1.807, 2.05) is 27.0 Å². The molecule has 2 N–H and O–H groups in total. The van der Waals surface area contributed by atoms with Crippen LogP contribution in [0.15, 0.2) is 12.4 Å². The zero-order valence-corrected chi connectivity index (χ0v) is 10.2. The zero-order valence-electron chi connectivity index (χ0n) is 10.2. The third-order valence-corrected chi connectivity index (χ3v) is 2.00. The lowest BCUT2D eigenvalue weighted by Crippen LogP contribution is -2.10. The van der Waals surface area contributed by atoms with E-state index in [0.29, 0.717) is 6.10 Å². The summed E-state index contributed by atoms with van der Waals surface area (Å²) in [5.74, 6) is 1.65. The van der Waals surface area contributed by atoms with Crippen molar-refractivity contribution >= 4 is 11.6 Å². The van der Waals surface area contributed by atoms with E-state index in [1.165, 1.54) is 0 Å². The lowest BCUT2D eigenvalue weighted by atomic mass is 10.4. The minimum absolute atomic E-state index is 0.301. The summed E-state index contributed by atoms with van der Waals surface area (Å²) < 4.78 is 5.44. The molecule has 90 valence electrons. The van der Waals surface area contributed by atoms with Gasteiger partial charge in [0.2, 0.25) is 0 Å². The van der Waals surface area contributed by atoms with E-state index in [4.69, 9.17) is 4.74 Å². The number of hydrogen-bond donors (Lipinski definition) is 2. The molecule has 0 fully saturated rings. The number of aromatic nitrogens is 2. The largest absolute Gasteiger partial charge is 0.379 e. The Morgan fingerprint density at radius 3 is 2.75 bits per heavy atom. The maximum absolute atomic E-state index is 5.44. The van der Waals surface area contributed by atoms with Crippen LogP contribution < -0.4 is 10.6 Å². The van der Waals surface area contributed by atoms with E-state index in [-0.39, 0.29) is 0 Å². The van der Waals surface area contributed by atoms with Crippen molar-refractivity contribution in [2.45, 2.75) is 26.4 Å². The zero-order chi connectivity index (χ0) is 11.8. The van der Waals surface area contributed by atoms with Gasteiger partial charge in [-0.3, -0.25) is 0 Å². The lowest BCUT2D eigenvalue weighted by Gasteiger charge is -2.08. The van der Waals surface area contributed by atoms with E-state index in [9.17, 15) is 0 Å². The Morgan fingerprint density at radius 2 is 2.06 bits per heavy atom. The highest BCUT2D eigenvalue weighted by molar-refractivity contribution is 5.45. The second kappa shape index (κ2) is 7.00. The predicted octanol–water partition coefficient (Wildman–Crippen LogP) is 1.75. The SMILES string of the molecule is CNc1cc(NCCCOC(C)C)ncn1. The van der Waals surface area contributed by atoms with Gasteiger partial charge in [0.1, 0.15) is 18.0 Å². The molecule has 0 spiro atoms. The minimum Gasteiger partial charge on any atom is -0.379 e. The van der Waals surface area contributed by atoms with Crippen LogP contribution in [0.4, 0.5) is 11.6 Å². The van der Waals surface area contributed by atoms with Gasteiger partial charge in [0.05, 0.1) is 6.10 Å². The van der Waals surface area contributed by atoms with E-state index >= 15 is 0 Å². The molecule has 0 aliphatic heterocycles. The summed E-state index contributed by atoms with van der Waals surface area (Å²) in [4.78, 5) is 8.16. The topological polar surface area (TPSA) is 59.1 Å². The van der Waals surface area contributed by atoms with E-state index in [1.54, 1.807) is 6.33 Å². The predicted molar refractivity (Wildman–Crippen MR) is 65.8 cm³/mol. The average molecular weight is 224 g/mol. The van der Waals surface area contributed by atoms with Gasteiger partial charge >= 0.3 is 0 Å². The van der Waals surface area contributed by atoms with Crippen molar-refractivity contribution in [3.8, 4) is 0 Å². The molecule has 0 aromatic carbocycles. The normalized spacial score (nSPS) is 10.5. The van der Waals surface area contributed by atoms with Crippen molar-refractivity contribution in [3.63, 3.8) is 0 Å². The summed E-state index contributed by atoms with van der Waals surface area (Å²) in [6.07, 6.45) is 2.81. The van der Waals surface area contributed by atoms with Crippen LogP contribution in [0, 0.1) is 0 Å². The Balaban J connectivity index is 2.21. The summed E-state index contributed by atoms with van der Waals surface area (Å²) in [5.41, 5.74) is 0. The van der Waals surface area contributed by atoms with Gasteiger partial charge in [0.15, 0.2) is 0 Å². The molecule has 0 aliphatic rings. The lowest BCUT2D eigenvalue weighted by molar-refractivity contribution is 0.0787. The van der Waals surface area contributed by atoms with Gasteiger partial charge in [-0.25, -0.2) is 9.97 Å². The first-order chi connectivity index (χ1) is 7.72. The second-order valence-corrected chi connectivity index (χ2v) is 3.74. The standard InChI is InChI=1S/C11H20N4O/c1-9(2)16-6-4-5-13-11-7-10(12-3)14-8-15-11/h7-9H,4-6H2,1-3H3,(H2,12,13,14,15). The van der Waals surface area contributed by atoms with E-state index in [0.717, 1.165) is 31.2 Å². The first kappa shape index (κ1) is 12.7. The van der Waals surface area contributed by atoms with Gasteiger partial charge in [0, 0.05) is 26.3 Å². The Labute approximate surface area is 96.6 Å². The highest BCUT2D eigenvalue weighted by atomic mass is 16.5. The molecule has 0 saturated heterocycles. The van der Waals surface area contributed by atoms with Gasteiger partial charge < -0.3 is 15.4 Å². The molecule has 0 amide bonds. The second-order valence-electron chi connectivity index (χ2n) is 3.74. The molecule has 5 heteroatoms. The van der Waals surface area contributed by atoms with Crippen LogP contribution in [-0.4, -0.2) is 36.3 Å². The van der Waals surface area contributed by atoms with Crippen LogP contribution in [0.1, 0.15) is 20.3 Å². The van der Waals surface area contributed by atoms with Gasteiger partial charge in [0.25, 0.3) is 0 Å². The minimum atomic E-state index is 0.301. The van der Waals surface area contributed by atoms with Crippen molar-refractivity contribution in [1.82, 2.24) is 9.97 Å². The fourth-order valence-electron chi connectivity index (χ4n) is 1.20. The Kier molecular flexibility index (Phi) is 5.56. The van der Waals surface area contributed by atoms with Crippen molar-refractivity contribution in [2.24, 2.45) is 0 Å². The summed E-state index contributed by atoms with van der Waals surface area (Å²) in [5, 5.41) is 6.19. The fraction of sp³-hybridized carbons (Fsp3) is 0.636. The molecule has 1 heterocycles. The highest BCUT2D eigenvalue weighted by Crippen LogP contribution is 2.07. The number of hydrogen-bond acceptors (Lipinski definition) is 5. The summed E-state index contributed by atoms with van der Waals surface area (Å²) in [6.45, 7) is 5.70. The number of nitrogens with one attached hydrogen (secondary N) is 2. The van der Waals surface area contributed by atoms with Crippen LogP contribution in [0.3, 0.4) is 0 Å². The number of ether oxygens (including phenoxy) is 1. The summed E-state index contributed by atoms with van der Waals surface area (Å²) in [7, 11) is 1.84. The first-order valence-electron chi connectivity index (χ1n) is 5.57. The summed E-state index contributed by atoms with van der Waals surface area (Å²) >= 11 is 0. The Morgan fingerprint density at radius 1 is 1.31 bits per heavy atom. The van der Waals surface area contributed by atoms with Crippen LogP contribution >= 0.6 is 0 Å². The van der Waals surface area contributed by atoms with Crippen LogP contribution in [0.5, 0.6) is 0 Å². The van der Waals surface area contributed by atoms with Crippen molar-refractivity contribution in [3.05, 3.63) is 12.4 Å². The van der Waals surface area contributed by atoms with Crippen LogP contribution in [-0.2, 0) is 4.74 Å². The molecule has 0 unspecified atom stereocenters. The Bertz CT molecular complexity index is 304. The molecule has 1 aromatic heterocycles. The number of anilines is 2. The third kappa shape index (κ3) is 4.93. The monoisotopic (exact) mass is 224 g/mol. The smallest absolute Gasteiger partial charge is 0.131 e. The van der Waals surface area contributed by atoms with Crippen molar-refractivity contribution in [2.75, 3.05) is 30.8 Å². The molecule has 0 aliphatic carbocycles. The third-order valence-electron chi connectivity index (χ3n) is 2.00. The molecule has 0 atom stereocenters. The maximum Gasteiger partial charge on any atom is 0.131 e. The van der Waals surface area contributed by atoms with Crippen LogP contribution in [0.2, 0.25) is 0 Å². The van der Waals surface area contributed by atoms with Crippen molar-refractivity contribution < 1.29 is 4.74 Å². The number of rotatable bonds is 7. The van der Waals surface area contributed by atoms with E-state index in [2.05, 4.69) is 20.6 Å². The molecule has 0 bridgehead atoms. The summed E-state index contributed by atoms with van der Waals surface area (Å²) in [6, 6.07) is 1.88. The first-order valence-corrected chi connectivity index (χ1v) is 5.57. The number of nitrogens with zero attached hydrogens (tertiary/aromatic N) is 2. The molecular formula is C11H20N4O. The average Bonchev–Trinajstić information content (AvgIpc) is 2.28. The van der Waals surface area contributed by atoms with Gasteiger partial charge in [-0.05, 0) is 20.3 Å². The molecule has 0 saturated carbocycles. The Hall–Kier alpha value is -1.36. The molecular weight excluding hydrogens is 204 g/mol. The fourth-order valence-corrected chi connectivity index (χ4v) is 1.20. The van der Waals surface area contributed by atoms with Crippen molar-refractivity contribution in [1.29, 1.82) is 0 Å². The molecule has 1 aromatic rings. The molecule has 16 heavy (non-hydrogen) atoms. The quantitative estimate of drug-likeness (QED) is 0.691. The molecule has 1 rings (SSSR count). The van der Waals surface area contributed by atoms with Gasteiger partial charge in [-0.1, -0.05) is 0 Å². The molecule has 0 radical (unpaired) electrons. The van der Waals surface area contributed by atoms with Crippen LogP contribution in [0.25, 0.3) is 0 Å².